The minimum Gasteiger partial charge on any atom is -0.350 e. The monoisotopic (exact) mass is 219 g/mol. The Morgan fingerprint density at radius 3 is 3.19 bits per heavy atom. The Balaban J connectivity index is 1.86. The lowest BCUT2D eigenvalue weighted by atomic mass is 10.2. The molecule has 1 aromatic rings. The number of anilines is 1. The average molecular weight is 219 g/mol. The summed E-state index contributed by atoms with van der Waals surface area (Å²) in [6.45, 7) is 0.734. The lowest BCUT2D eigenvalue weighted by Gasteiger charge is -2.22. The van der Waals surface area contributed by atoms with Gasteiger partial charge in [-0.15, -0.1) is 0 Å². The molecule has 0 spiro atoms. The van der Waals surface area contributed by atoms with E-state index >= 15 is 0 Å². The Morgan fingerprint density at radius 2 is 2.44 bits per heavy atom. The molecule has 0 bridgehead atoms. The second kappa shape index (κ2) is 5.45. The van der Waals surface area contributed by atoms with Crippen LogP contribution in [0.5, 0.6) is 0 Å². The third kappa shape index (κ3) is 2.92. The highest BCUT2D eigenvalue weighted by atomic mass is 16.8. The molecule has 84 valence electrons. The van der Waals surface area contributed by atoms with Gasteiger partial charge in [-0.2, -0.15) is 5.26 Å². The van der Waals surface area contributed by atoms with E-state index in [4.69, 9.17) is 14.8 Å². The van der Waals surface area contributed by atoms with Crippen LogP contribution in [0.4, 0.5) is 5.82 Å². The largest absolute Gasteiger partial charge is 0.350 e. The van der Waals surface area contributed by atoms with E-state index < -0.39 is 0 Å². The van der Waals surface area contributed by atoms with Crippen molar-refractivity contribution in [1.82, 2.24) is 4.98 Å². The Kier molecular flexibility index (Phi) is 3.70. The van der Waals surface area contributed by atoms with E-state index in [0.29, 0.717) is 11.5 Å². The second-order valence-corrected chi connectivity index (χ2v) is 3.54. The SMILES string of the molecule is N#Cc1cccc(NOC2CCCCO2)n1. The number of pyridine rings is 1. The van der Waals surface area contributed by atoms with Crippen molar-refractivity contribution in [1.29, 1.82) is 5.26 Å². The first-order chi connectivity index (χ1) is 7.88. The standard InChI is InChI=1S/C11H13N3O2/c12-8-9-4-3-5-10(13-9)14-16-11-6-1-2-7-15-11/h3-5,11H,1-2,6-7H2,(H,13,14). The third-order valence-corrected chi connectivity index (χ3v) is 2.30. The summed E-state index contributed by atoms with van der Waals surface area (Å²) in [4.78, 5) is 9.35. The van der Waals surface area contributed by atoms with Gasteiger partial charge in [0.1, 0.15) is 11.8 Å². The molecule has 1 fully saturated rings. The zero-order valence-electron chi connectivity index (χ0n) is 8.85. The second-order valence-electron chi connectivity index (χ2n) is 3.54. The van der Waals surface area contributed by atoms with Gasteiger partial charge in [-0.3, -0.25) is 0 Å². The lowest BCUT2D eigenvalue weighted by Crippen LogP contribution is -2.25. The molecule has 5 nitrogen and oxygen atoms in total. The molecule has 16 heavy (non-hydrogen) atoms. The molecule has 0 saturated carbocycles. The van der Waals surface area contributed by atoms with Crippen LogP contribution in [0.2, 0.25) is 0 Å². The third-order valence-electron chi connectivity index (χ3n) is 2.30. The molecular formula is C11H13N3O2. The summed E-state index contributed by atoms with van der Waals surface area (Å²) in [5.74, 6) is 0.522. The Morgan fingerprint density at radius 1 is 1.50 bits per heavy atom. The molecule has 0 amide bonds. The highest BCUT2D eigenvalue weighted by molar-refractivity contribution is 5.36. The van der Waals surface area contributed by atoms with E-state index in [1.807, 2.05) is 6.07 Å². The normalized spacial score (nSPS) is 20.1. The number of ether oxygens (including phenoxy) is 1. The van der Waals surface area contributed by atoms with Crippen LogP contribution in [0.15, 0.2) is 18.2 Å². The molecule has 1 aliphatic rings. The summed E-state index contributed by atoms with van der Waals surface area (Å²) in [6.07, 6.45) is 2.85. The topological polar surface area (TPSA) is 67.2 Å². The Hall–Kier alpha value is -1.64. The first kappa shape index (κ1) is 10.9. The molecule has 0 aromatic carbocycles. The molecule has 1 atom stereocenters. The summed E-state index contributed by atoms with van der Waals surface area (Å²) in [5, 5.41) is 8.67. The van der Waals surface area contributed by atoms with Gasteiger partial charge in [-0.05, 0) is 25.0 Å². The van der Waals surface area contributed by atoms with Gasteiger partial charge in [0.25, 0.3) is 0 Å². The molecule has 5 heteroatoms. The molecule has 0 radical (unpaired) electrons. The quantitative estimate of drug-likeness (QED) is 0.785. The number of nitrogens with zero attached hydrogens (tertiary/aromatic N) is 2. The highest BCUT2D eigenvalue weighted by Gasteiger charge is 2.14. The molecule has 1 aromatic heterocycles. The first-order valence-electron chi connectivity index (χ1n) is 5.29. The van der Waals surface area contributed by atoms with E-state index in [0.717, 1.165) is 25.9 Å². The molecule has 1 aliphatic heterocycles. The Labute approximate surface area is 94.0 Å². The maximum absolute atomic E-state index is 8.67. The number of aromatic nitrogens is 1. The predicted molar refractivity (Wildman–Crippen MR) is 57.3 cm³/mol. The minimum atomic E-state index is -0.221. The average Bonchev–Trinajstić information content (AvgIpc) is 2.38. The molecule has 1 saturated heterocycles. The zero-order valence-corrected chi connectivity index (χ0v) is 8.85. The van der Waals surface area contributed by atoms with Gasteiger partial charge in [0.05, 0.1) is 0 Å². The van der Waals surface area contributed by atoms with Gasteiger partial charge in [0, 0.05) is 13.0 Å². The van der Waals surface area contributed by atoms with E-state index in [2.05, 4.69) is 10.5 Å². The summed E-state index contributed by atoms with van der Waals surface area (Å²) in [5.41, 5.74) is 3.06. The maximum Gasteiger partial charge on any atom is 0.183 e. The van der Waals surface area contributed by atoms with Gasteiger partial charge < -0.3 is 4.74 Å². The zero-order chi connectivity index (χ0) is 11.2. The first-order valence-corrected chi connectivity index (χ1v) is 5.29. The van der Waals surface area contributed by atoms with Crippen molar-refractivity contribution in [3.63, 3.8) is 0 Å². The van der Waals surface area contributed by atoms with Crippen LogP contribution in [0.3, 0.4) is 0 Å². The van der Waals surface area contributed by atoms with Crippen molar-refractivity contribution < 1.29 is 9.57 Å². The minimum absolute atomic E-state index is 0.221. The number of nitrogens with one attached hydrogen (secondary N) is 1. The van der Waals surface area contributed by atoms with Gasteiger partial charge in [-0.25, -0.2) is 15.3 Å². The van der Waals surface area contributed by atoms with E-state index in [1.165, 1.54) is 0 Å². The summed E-state index contributed by atoms with van der Waals surface area (Å²) in [6, 6.07) is 7.10. The summed E-state index contributed by atoms with van der Waals surface area (Å²) >= 11 is 0. The van der Waals surface area contributed by atoms with Crippen molar-refractivity contribution in [2.45, 2.75) is 25.6 Å². The lowest BCUT2D eigenvalue weighted by molar-refractivity contribution is -0.145. The van der Waals surface area contributed by atoms with Crippen molar-refractivity contribution in [2.75, 3.05) is 12.1 Å². The number of hydrogen-bond acceptors (Lipinski definition) is 5. The van der Waals surface area contributed by atoms with Crippen LogP contribution in [-0.2, 0) is 9.57 Å². The van der Waals surface area contributed by atoms with Gasteiger partial charge >= 0.3 is 0 Å². The molecule has 1 N–H and O–H groups in total. The van der Waals surface area contributed by atoms with E-state index in [-0.39, 0.29) is 6.29 Å². The predicted octanol–water partition coefficient (Wildman–Crippen LogP) is 1.82. The molecule has 2 heterocycles. The number of rotatable bonds is 3. The van der Waals surface area contributed by atoms with Crippen molar-refractivity contribution >= 4 is 5.82 Å². The van der Waals surface area contributed by atoms with E-state index in [1.54, 1.807) is 18.2 Å². The van der Waals surface area contributed by atoms with Gasteiger partial charge in [0.15, 0.2) is 12.1 Å². The maximum atomic E-state index is 8.67. The number of hydrogen-bond donors (Lipinski definition) is 1. The van der Waals surface area contributed by atoms with Crippen LogP contribution in [0.1, 0.15) is 25.0 Å². The van der Waals surface area contributed by atoms with E-state index in [9.17, 15) is 0 Å². The molecular weight excluding hydrogens is 206 g/mol. The van der Waals surface area contributed by atoms with Gasteiger partial charge in [0.2, 0.25) is 0 Å². The molecule has 0 aliphatic carbocycles. The summed E-state index contributed by atoms with van der Waals surface area (Å²) in [7, 11) is 0. The van der Waals surface area contributed by atoms with Crippen LogP contribution in [0, 0.1) is 11.3 Å². The van der Waals surface area contributed by atoms with Crippen LogP contribution in [0.25, 0.3) is 0 Å². The van der Waals surface area contributed by atoms with Gasteiger partial charge in [-0.1, -0.05) is 6.07 Å². The van der Waals surface area contributed by atoms with Crippen molar-refractivity contribution in [3.8, 4) is 6.07 Å². The molecule has 1 unspecified atom stereocenters. The van der Waals surface area contributed by atoms with Crippen molar-refractivity contribution in [3.05, 3.63) is 23.9 Å². The highest BCUT2D eigenvalue weighted by Crippen LogP contribution is 2.14. The summed E-state index contributed by atoms with van der Waals surface area (Å²) < 4.78 is 5.38. The fraction of sp³-hybridized carbons (Fsp3) is 0.455. The van der Waals surface area contributed by atoms with Crippen LogP contribution < -0.4 is 5.48 Å². The smallest absolute Gasteiger partial charge is 0.183 e. The van der Waals surface area contributed by atoms with Crippen LogP contribution in [-0.4, -0.2) is 17.9 Å². The fourth-order valence-electron chi connectivity index (χ4n) is 1.48. The van der Waals surface area contributed by atoms with Crippen molar-refractivity contribution in [2.24, 2.45) is 0 Å². The fourth-order valence-corrected chi connectivity index (χ4v) is 1.48. The Bertz CT molecular complexity index is 383. The number of nitriles is 1. The molecule has 2 rings (SSSR count). The van der Waals surface area contributed by atoms with Crippen LogP contribution >= 0.6 is 0 Å².